The fourth-order valence-corrected chi connectivity index (χ4v) is 13.0. The molecule has 1 unspecified atom stereocenters. The van der Waals surface area contributed by atoms with Crippen LogP contribution in [0.3, 0.4) is 0 Å². The predicted molar refractivity (Wildman–Crippen MR) is 77.3 cm³/mol. The molecule has 4 nitrogen and oxygen atoms in total. The van der Waals surface area contributed by atoms with Gasteiger partial charge in [0.2, 0.25) is 0 Å². The molecule has 0 aliphatic rings. The summed E-state index contributed by atoms with van der Waals surface area (Å²) in [6.45, 7) is 4.48. The molecule has 1 atom stereocenters. The van der Waals surface area contributed by atoms with Crippen molar-refractivity contribution < 1.29 is 17.7 Å². The zero-order chi connectivity index (χ0) is 11.9. The SMILES string of the molecule is C[CH2][Ge]([CH2]C)[CH](O[SiH3])C(O[SiH3])(O[SiH3])O[SiH3]. The second-order valence-electron chi connectivity index (χ2n) is 3.20. The summed E-state index contributed by atoms with van der Waals surface area (Å²) in [6, 6.07) is 0. The Hall–Kier alpha value is 1.25. The monoisotopic (exact) mass is 345 g/mol. The zero-order valence-corrected chi connectivity index (χ0v) is 20.7. The fraction of sp³-hybridized carbons (Fsp3) is 1.00. The van der Waals surface area contributed by atoms with E-state index in [4.69, 9.17) is 17.7 Å². The van der Waals surface area contributed by atoms with Crippen LogP contribution in [0.25, 0.3) is 0 Å². The topological polar surface area (TPSA) is 36.9 Å². The van der Waals surface area contributed by atoms with E-state index >= 15 is 0 Å². The molecule has 0 saturated carbocycles. The minimum atomic E-state index is -1.27. The Bertz CT molecular complexity index is 159. The van der Waals surface area contributed by atoms with Gasteiger partial charge >= 0.3 is 109 Å². The van der Waals surface area contributed by atoms with Crippen molar-refractivity contribution in [1.29, 1.82) is 0 Å². The van der Waals surface area contributed by atoms with Gasteiger partial charge in [-0.1, -0.05) is 0 Å². The molecule has 0 rings (SSSR count). The molecular formula is C6H23GeO4Si4. The summed E-state index contributed by atoms with van der Waals surface area (Å²) in [5, 5.41) is 2.46. The van der Waals surface area contributed by atoms with Crippen LogP contribution in [0.15, 0.2) is 0 Å². The first-order chi connectivity index (χ1) is 7.15. The molecule has 0 aliphatic carbocycles. The molecule has 9 heteroatoms. The quantitative estimate of drug-likeness (QED) is 0.335. The normalized spacial score (nSPS) is 18.6. The van der Waals surface area contributed by atoms with E-state index < -0.39 is 20.3 Å². The molecule has 1 radical (unpaired) electrons. The summed E-state index contributed by atoms with van der Waals surface area (Å²) in [7, 11) is 2.60. The van der Waals surface area contributed by atoms with E-state index in [1.165, 1.54) is 10.5 Å². The molecule has 15 heavy (non-hydrogen) atoms. The van der Waals surface area contributed by atoms with Crippen molar-refractivity contribution >= 4 is 56.3 Å². The summed E-state index contributed by atoms with van der Waals surface area (Å²) in [5.41, 5.74) is 0. The van der Waals surface area contributed by atoms with Crippen LogP contribution < -0.4 is 0 Å². The maximum atomic E-state index is 5.74. The van der Waals surface area contributed by atoms with Crippen LogP contribution >= 0.6 is 0 Å². The molecule has 0 saturated heterocycles. The Kier molecular flexibility index (Phi) is 9.05. The minimum absolute atomic E-state index is 0.103. The van der Waals surface area contributed by atoms with Crippen LogP contribution in [-0.4, -0.2) is 67.2 Å². The van der Waals surface area contributed by atoms with Crippen molar-refractivity contribution in [2.75, 3.05) is 0 Å². The van der Waals surface area contributed by atoms with Gasteiger partial charge in [0, 0.05) is 0 Å². The molecule has 91 valence electrons. The molecule has 0 N–H and O–H groups in total. The van der Waals surface area contributed by atoms with E-state index in [0.717, 1.165) is 10.5 Å². The Morgan fingerprint density at radius 2 is 1.40 bits per heavy atom. The summed E-state index contributed by atoms with van der Waals surface area (Å²) in [5.74, 6) is -0.812. The summed E-state index contributed by atoms with van der Waals surface area (Å²) in [6.07, 6.45) is 0. The van der Waals surface area contributed by atoms with E-state index in [0.29, 0.717) is 31.5 Å². The third kappa shape index (κ3) is 3.89. The van der Waals surface area contributed by atoms with Gasteiger partial charge in [-0.25, -0.2) is 0 Å². The van der Waals surface area contributed by atoms with Crippen molar-refractivity contribution in [2.24, 2.45) is 0 Å². The summed E-state index contributed by atoms with van der Waals surface area (Å²) < 4.78 is 22.5. The second kappa shape index (κ2) is 8.36. The average Bonchev–Trinajstić information content (AvgIpc) is 2.30. The first-order valence-electron chi connectivity index (χ1n) is 5.18. The average molecular weight is 344 g/mol. The molecule has 0 bridgehead atoms. The van der Waals surface area contributed by atoms with Gasteiger partial charge in [0.05, 0.1) is 0 Å². The Balaban J connectivity index is 4.86. The van der Waals surface area contributed by atoms with Crippen molar-refractivity contribution in [1.82, 2.24) is 0 Å². The zero-order valence-electron chi connectivity index (χ0n) is 10.6. The molecule has 0 aromatic heterocycles. The van der Waals surface area contributed by atoms with Gasteiger partial charge in [-0.15, -0.1) is 0 Å². The van der Waals surface area contributed by atoms with Crippen LogP contribution in [0, 0.1) is 0 Å². The Morgan fingerprint density at radius 3 is 1.60 bits per heavy atom. The van der Waals surface area contributed by atoms with Gasteiger partial charge in [0.1, 0.15) is 0 Å². The van der Waals surface area contributed by atoms with Gasteiger partial charge in [-0.2, -0.15) is 0 Å². The molecular weight excluding hydrogens is 321 g/mol. The third-order valence-corrected chi connectivity index (χ3v) is 12.5. The standard InChI is InChI=1S/C6H23GeO4Si4/c1-3-7(4-2)5(8-12)6(9-13,10-14)11-15/h5H,3-4H2,1-2,12-15H3. The van der Waals surface area contributed by atoms with Gasteiger partial charge in [-0.05, 0) is 0 Å². The van der Waals surface area contributed by atoms with Crippen LogP contribution in [0.5, 0.6) is 0 Å². The number of rotatable bonds is 8. The van der Waals surface area contributed by atoms with E-state index in [1.807, 2.05) is 0 Å². The predicted octanol–water partition coefficient (Wildman–Crippen LogP) is -3.73. The van der Waals surface area contributed by atoms with E-state index in [9.17, 15) is 0 Å². The molecule has 0 fully saturated rings. The van der Waals surface area contributed by atoms with E-state index in [1.54, 1.807) is 0 Å². The van der Waals surface area contributed by atoms with Gasteiger partial charge in [0.25, 0.3) is 0 Å². The molecule has 0 aromatic rings. The van der Waals surface area contributed by atoms with Crippen LogP contribution in [-0.2, 0) is 17.7 Å². The summed E-state index contributed by atoms with van der Waals surface area (Å²) in [4.78, 5) is 0.103. The van der Waals surface area contributed by atoms with Crippen molar-refractivity contribution in [2.45, 2.75) is 35.3 Å². The van der Waals surface area contributed by atoms with Crippen molar-refractivity contribution in [3.63, 3.8) is 0 Å². The number of hydrogen-bond donors (Lipinski definition) is 0. The summed E-state index contributed by atoms with van der Waals surface area (Å²) >= 11 is -1.27. The van der Waals surface area contributed by atoms with E-state index in [2.05, 4.69) is 13.8 Å². The Morgan fingerprint density at radius 1 is 1.00 bits per heavy atom. The first kappa shape index (κ1) is 16.3. The van der Waals surface area contributed by atoms with Crippen LogP contribution in [0.4, 0.5) is 0 Å². The van der Waals surface area contributed by atoms with Gasteiger partial charge in [-0.3, -0.25) is 0 Å². The van der Waals surface area contributed by atoms with Gasteiger partial charge < -0.3 is 0 Å². The molecule has 0 aliphatic heterocycles. The van der Waals surface area contributed by atoms with Crippen LogP contribution in [0.1, 0.15) is 13.8 Å². The number of hydrogen-bond acceptors (Lipinski definition) is 4. The van der Waals surface area contributed by atoms with Crippen LogP contribution in [0.2, 0.25) is 10.5 Å². The fourth-order valence-electron chi connectivity index (χ4n) is 1.75. The van der Waals surface area contributed by atoms with Crippen molar-refractivity contribution in [3.8, 4) is 0 Å². The molecule has 0 aromatic carbocycles. The van der Waals surface area contributed by atoms with Gasteiger partial charge in [0.15, 0.2) is 0 Å². The molecule has 0 heterocycles. The molecule has 0 amide bonds. The maximum absolute atomic E-state index is 5.74. The van der Waals surface area contributed by atoms with Crippen molar-refractivity contribution in [3.05, 3.63) is 0 Å². The van der Waals surface area contributed by atoms with E-state index in [-0.39, 0.29) is 4.94 Å². The first-order valence-corrected chi connectivity index (χ1v) is 12.6. The second-order valence-corrected chi connectivity index (χ2v) is 11.7. The Labute approximate surface area is 109 Å². The third-order valence-electron chi connectivity index (χ3n) is 2.69. The molecule has 0 spiro atoms.